The lowest BCUT2D eigenvalue weighted by molar-refractivity contribution is 0.0752. The molecule has 29 heavy (non-hydrogen) atoms. The third-order valence-corrected chi connectivity index (χ3v) is 4.82. The van der Waals surface area contributed by atoms with Gasteiger partial charge in [-0.25, -0.2) is 4.39 Å². The van der Waals surface area contributed by atoms with Crippen LogP contribution in [0.15, 0.2) is 90.1 Å². The van der Waals surface area contributed by atoms with Gasteiger partial charge in [-0.05, 0) is 23.3 Å². The standard InChI is InChI=1S/C24H21FN2O2/c1-2-12-26(16-18-7-4-3-5-8-18)24(28)22-15-23-21(11-13-29-23)27(22)17-19-9-6-10-20(25)14-19/h2-11,13-15H,1,12,16-17H2. The molecule has 2 aromatic heterocycles. The lowest BCUT2D eigenvalue weighted by atomic mass is 10.2. The summed E-state index contributed by atoms with van der Waals surface area (Å²) in [6.45, 7) is 5.05. The van der Waals surface area contributed by atoms with E-state index >= 15 is 0 Å². The second-order valence-electron chi connectivity index (χ2n) is 6.88. The smallest absolute Gasteiger partial charge is 0.271 e. The second kappa shape index (κ2) is 8.19. The molecule has 2 aromatic carbocycles. The topological polar surface area (TPSA) is 38.4 Å². The summed E-state index contributed by atoms with van der Waals surface area (Å²) in [6.07, 6.45) is 3.30. The predicted molar refractivity (Wildman–Crippen MR) is 111 cm³/mol. The SMILES string of the molecule is C=CCN(Cc1ccccc1)C(=O)c1cc2occc2n1Cc1cccc(F)c1. The molecule has 0 aliphatic rings. The van der Waals surface area contributed by atoms with Crippen LogP contribution in [0.5, 0.6) is 0 Å². The zero-order valence-corrected chi connectivity index (χ0v) is 15.9. The van der Waals surface area contributed by atoms with E-state index in [1.54, 1.807) is 29.4 Å². The molecule has 4 rings (SSSR count). The van der Waals surface area contributed by atoms with Gasteiger partial charge in [0.25, 0.3) is 5.91 Å². The van der Waals surface area contributed by atoms with Crippen molar-refractivity contribution in [1.82, 2.24) is 9.47 Å². The molecule has 0 saturated heterocycles. The first-order valence-corrected chi connectivity index (χ1v) is 9.41. The molecular formula is C24H21FN2O2. The van der Waals surface area contributed by atoms with E-state index in [2.05, 4.69) is 6.58 Å². The minimum atomic E-state index is -0.302. The van der Waals surface area contributed by atoms with Gasteiger partial charge in [0.1, 0.15) is 11.5 Å². The fourth-order valence-corrected chi connectivity index (χ4v) is 3.48. The minimum absolute atomic E-state index is 0.128. The highest BCUT2D eigenvalue weighted by molar-refractivity contribution is 5.97. The number of fused-ring (bicyclic) bond motifs is 1. The largest absolute Gasteiger partial charge is 0.463 e. The maximum absolute atomic E-state index is 13.7. The Bertz CT molecular complexity index is 1140. The Hall–Kier alpha value is -3.60. The molecule has 146 valence electrons. The summed E-state index contributed by atoms with van der Waals surface area (Å²) in [6, 6.07) is 19.8. The van der Waals surface area contributed by atoms with Gasteiger partial charge in [0, 0.05) is 31.8 Å². The molecule has 0 radical (unpaired) electrons. The normalized spacial score (nSPS) is 10.9. The van der Waals surface area contributed by atoms with Gasteiger partial charge in [-0.3, -0.25) is 4.79 Å². The molecule has 0 aliphatic heterocycles. The highest BCUT2D eigenvalue weighted by atomic mass is 19.1. The number of carbonyl (C=O) groups excluding carboxylic acids is 1. The number of aromatic nitrogens is 1. The van der Waals surface area contributed by atoms with Crippen LogP contribution in [0.3, 0.4) is 0 Å². The monoisotopic (exact) mass is 388 g/mol. The molecule has 0 fully saturated rings. The van der Waals surface area contributed by atoms with Gasteiger partial charge < -0.3 is 13.9 Å². The van der Waals surface area contributed by atoms with E-state index in [1.807, 2.05) is 47.0 Å². The van der Waals surface area contributed by atoms with Crippen molar-refractivity contribution in [2.24, 2.45) is 0 Å². The van der Waals surface area contributed by atoms with Crippen molar-refractivity contribution in [3.8, 4) is 0 Å². The fraction of sp³-hybridized carbons (Fsp3) is 0.125. The molecule has 0 bridgehead atoms. The highest BCUT2D eigenvalue weighted by Crippen LogP contribution is 2.24. The van der Waals surface area contributed by atoms with Crippen molar-refractivity contribution in [3.63, 3.8) is 0 Å². The number of benzene rings is 2. The van der Waals surface area contributed by atoms with E-state index in [0.29, 0.717) is 30.9 Å². The Morgan fingerprint density at radius 1 is 1.07 bits per heavy atom. The Morgan fingerprint density at radius 2 is 1.86 bits per heavy atom. The number of rotatable bonds is 7. The van der Waals surface area contributed by atoms with Gasteiger partial charge in [0.2, 0.25) is 0 Å². The molecule has 4 aromatic rings. The van der Waals surface area contributed by atoms with Crippen LogP contribution < -0.4 is 0 Å². The maximum Gasteiger partial charge on any atom is 0.271 e. The van der Waals surface area contributed by atoms with Gasteiger partial charge in [-0.1, -0.05) is 48.5 Å². The van der Waals surface area contributed by atoms with Gasteiger partial charge in [0.05, 0.1) is 11.8 Å². The molecule has 0 N–H and O–H groups in total. The summed E-state index contributed by atoms with van der Waals surface area (Å²) in [7, 11) is 0. The molecule has 5 heteroatoms. The zero-order chi connectivity index (χ0) is 20.2. The molecule has 0 saturated carbocycles. The van der Waals surface area contributed by atoms with Crippen LogP contribution in [0.4, 0.5) is 4.39 Å². The summed E-state index contributed by atoms with van der Waals surface area (Å²) in [5.74, 6) is -0.431. The van der Waals surface area contributed by atoms with Gasteiger partial charge in [-0.2, -0.15) is 0 Å². The molecule has 0 atom stereocenters. The van der Waals surface area contributed by atoms with Crippen LogP contribution in [-0.4, -0.2) is 21.9 Å². The van der Waals surface area contributed by atoms with Crippen molar-refractivity contribution < 1.29 is 13.6 Å². The maximum atomic E-state index is 13.7. The molecule has 4 nitrogen and oxygen atoms in total. The molecule has 2 heterocycles. The molecule has 0 spiro atoms. The Labute approximate surface area is 168 Å². The lowest BCUT2D eigenvalue weighted by Gasteiger charge is -2.22. The zero-order valence-electron chi connectivity index (χ0n) is 15.9. The lowest BCUT2D eigenvalue weighted by Crippen LogP contribution is -2.32. The van der Waals surface area contributed by atoms with Crippen LogP contribution in [0.25, 0.3) is 11.1 Å². The van der Waals surface area contributed by atoms with Crippen LogP contribution in [0.2, 0.25) is 0 Å². The molecule has 1 amide bonds. The third-order valence-electron chi connectivity index (χ3n) is 4.82. The van der Waals surface area contributed by atoms with E-state index in [4.69, 9.17) is 4.42 Å². The quantitative estimate of drug-likeness (QED) is 0.406. The Balaban J connectivity index is 1.70. The van der Waals surface area contributed by atoms with Gasteiger partial charge >= 0.3 is 0 Å². The van der Waals surface area contributed by atoms with Gasteiger partial charge in [0.15, 0.2) is 5.58 Å². The first kappa shape index (κ1) is 18.7. The Kier molecular flexibility index (Phi) is 5.29. The average molecular weight is 388 g/mol. The Morgan fingerprint density at radius 3 is 2.62 bits per heavy atom. The first-order chi connectivity index (χ1) is 14.2. The van der Waals surface area contributed by atoms with Crippen molar-refractivity contribution in [2.45, 2.75) is 13.1 Å². The third kappa shape index (κ3) is 3.99. The molecule has 0 unspecified atom stereocenters. The summed E-state index contributed by atoms with van der Waals surface area (Å²) < 4.78 is 21.1. The second-order valence-corrected chi connectivity index (χ2v) is 6.88. The number of nitrogens with zero attached hydrogens (tertiary/aromatic N) is 2. The van der Waals surface area contributed by atoms with Crippen LogP contribution >= 0.6 is 0 Å². The minimum Gasteiger partial charge on any atom is -0.463 e. The highest BCUT2D eigenvalue weighted by Gasteiger charge is 2.22. The van der Waals surface area contributed by atoms with E-state index < -0.39 is 0 Å². The van der Waals surface area contributed by atoms with Crippen LogP contribution in [-0.2, 0) is 13.1 Å². The number of hydrogen-bond donors (Lipinski definition) is 0. The summed E-state index contributed by atoms with van der Waals surface area (Å²) >= 11 is 0. The van der Waals surface area contributed by atoms with Crippen molar-refractivity contribution in [1.29, 1.82) is 0 Å². The molecule has 0 aliphatic carbocycles. The van der Waals surface area contributed by atoms with Crippen LogP contribution in [0.1, 0.15) is 21.6 Å². The average Bonchev–Trinajstić information content (AvgIpc) is 3.31. The van der Waals surface area contributed by atoms with E-state index in [-0.39, 0.29) is 11.7 Å². The number of halogens is 1. The van der Waals surface area contributed by atoms with E-state index in [0.717, 1.165) is 16.6 Å². The fourth-order valence-electron chi connectivity index (χ4n) is 3.48. The first-order valence-electron chi connectivity index (χ1n) is 9.41. The number of hydrogen-bond acceptors (Lipinski definition) is 2. The summed E-state index contributed by atoms with van der Waals surface area (Å²) in [4.78, 5) is 15.2. The van der Waals surface area contributed by atoms with Crippen LogP contribution in [0, 0.1) is 5.82 Å². The van der Waals surface area contributed by atoms with Crippen molar-refractivity contribution >= 4 is 17.0 Å². The summed E-state index contributed by atoms with van der Waals surface area (Å²) in [5.41, 5.74) is 3.74. The van der Waals surface area contributed by atoms with Crippen molar-refractivity contribution in [2.75, 3.05) is 6.54 Å². The van der Waals surface area contributed by atoms with E-state index in [9.17, 15) is 9.18 Å². The predicted octanol–water partition coefficient (Wildman–Crippen LogP) is 5.25. The molecular weight excluding hydrogens is 367 g/mol. The van der Waals surface area contributed by atoms with E-state index in [1.165, 1.54) is 12.1 Å². The summed E-state index contributed by atoms with van der Waals surface area (Å²) in [5, 5.41) is 0. The van der Waals surface area contributed by atoms with Crippen molar-refractivity contribution in [3.05, 3.63) is 108 Å². The van der Waals surface area contributed by atoms with Gasteiger partial charge in [-0.15, -0.1) is 6.58 Å². The number of amides is 1. The number of furan rings is 1. The number of carbonyl (C=O) groups is 1.